The van der Waals surface area contributed by atoms with Crippen molar-refractivity contribution in [2.24, 2.45) is 10.9 Å². The third-order valence-electron chi connectivity index (χ3n) is 3.95. The molecule has 1 aliphatic heterocycles. The Kier molecular flexibility index (Phi) is 2.65. The van der Waals surface area contributed by atoms with E-state index >= 15 is 0 Å². The number of aromatic amines is 1. The Labute approximate surface area is 129 Å². The molecule has 2 heterocycles. The van der Waals surface area contributed by atoms with Crippen LogP contribution in [-0.4, -0.2) is 27.6 Å². The van der Waals surface area contributed by atoms with Crippen LogP contribution in [0.15, 0.2) is 52.0 Å². The Morgan fingerprint density at radius 1 is 1.24 bits per heavy atom. The first-order chi connectivity index (χ1) is 10.1. The summed E-state index contributed by atoms with van der Waals surface area (Å²) in [6.45, 7) is 0. The fraction of sp³-hybridized carbons (Fsp3) is 0.125. The van der Waals surface area contributed by atoms with E-state index in [1.807, 2.05) is 42.5 Å². The molecule has 4 rings (SSSR count). The summed E-state index contributed by atoms with van der Waals surface area (Å²) in [5, 5.41) is 19.5. The van der Waals surface area contributed by atoms with E-state index in [1.54, 1.807) is 0 Å². The van der Waals surface area contributed by atoms with Crippen molar-refractivity contribution in [2.75, 3.05) is 0 Å². The number of nitrogens with zero attached hydrogens (tertiary/aromatic N) is 1. The minimum Gasteiger partial charge on any atom is -0.494 e. The van der Waals surface area contributed by atoms with Crippen LogP contribution in [0.4, 0.5) is 0 Å². The molecule has 0 spiro atoms. The minimum atomic E-state index is -0.0333. The second-order valence-corrected chi connectivity index (χ2v) is 6.13. The van der Waals surface area contributed by atoms with Gasteiger partial charge in [-0.15, -0.1) is 0 Å². The van der Waals surface area contributed by atoms with Gasteiger partial charge in [0.05, 0.1) is 23.0 Å². The van der Waals surface area contributed by atoms with Crippen LogP contribution in [0.2, 0.25) is 0 Å². The quantitative estimate of drug-likeness (QED) is 0.728. The van der Waals surface area contributed by atoms with E-state index in [1.165, 1.54) is 0 Å². The summed E-state index contributed by atoms with van der Waals surface area (Å²) < 4.78 is 0.928. The molecule has 104 valence electrons. The van der Waals surface area contributed by atoms with Crippen LogP contribution in [-0.2, 0) is 0 Å². The minimum absolute atomic E-state index is 0.0264. The lowest BCUT2D eigenvalue weighted by Crippen LogP contribution is -2.21. The van der Waals surface area contributed by atoms with Crippen molar-refractivity contribution in [3.05, 3.63) is 52.5 Å². The molecule has 4 nitrogen and oxygen atoms in total. The summed E-state index contributed by atoms with van der Waals surface area (Å²) in [7, 11) is 0. The summed E-state index contributed by atoms with van der Waals surface area (Å²) in [5.74, 6) is 0.0414. The van der Waals surface area contributed by atoms with Crippen LogP contribution in [0.1, 0.15) is 5.56 Å². The molecule has 21 heavy (non-hydrogen) atoms. The largest absolute Gasteiger partial charge is 0.494 e. The molecule has 1 aliphatic carbocycles. The van der Waals surface area contributed by atoms with Gasteiger partial charge < -0.3 is 15.5 Å². The number of fused-ring (bicyclic) bond motifs is 2. The zero-order chi connectivity index (χ0) is 14.6. The van der Waals surface area contributed by atoms with Crippen molar-refractivity contribution in [1.82, 2.24) is 4.98 Å². The molecule has 1 aromatic carbocycles. The summed E-state index contributed by atoms with van der Waals surface area (Å²) in [5.41, 5.74) is 2.48. The van der Waals surface area contributed by atoms with E-state index in [4.69, 9.17) is 5.41 Å². The highest BCUT2D eigenvalue weighted by molar-refractivity contribution is 9.10. The van der Waals surface area contributed by atoms with Crippen LogP contribution in [0.25, 0.3) is 10.9 Å². The van der Waals surface area contributed by atoms with Gasteiger partial charge in [0.2, 0.25) is 0 Å². The van der Waals surface area contributed by atoms with Crippen LogP contribution >= 0.6 is 15.9 Å². The highest BCUT2D eigenvalue weighted by Crippen LogP contribution is 2.35. The van der Waals surface area contributed by atoms with E-state index in [2.05, 4.69) is 25.9 Å². The summed E-state index contributed by atoms with van der Waals surface area (Å²) in [4.78, 5) is 7.59. The van der Waals surface area contributed by atoms with Crippen LogP contribution in [0.3, 0.4) is 0 Å². The summed E-state index contributed by atoms with van der Waals surface area (Å²) >= 11 is 3.45. The molecule has 3 N–H and O–H groups in total. The average Bonchev–Trinajstić information content (AvgIpc) is 2.96. The molecule has 0 bridgehead atoms. The fourth-order valence-electron chi connectivity index (χ4n) is 2.95. The van der Waals surface area contributed by atoms with Crippen LogP contribution < -0.4 is 0 Å². The topological polar surface area (TPSA) is 72.2 Å². The van der Waals surface area contributed by atoms with E-state index in [-0.39, 0.29) is 17.8 Å². The van der Waals surface area contributed by atoms with Crippen molar-refractivity contribution in [2.45, 2.75) is 6.04 Å². The fourth-order valence-corrected chi connectivity index (χ4v) is 3.31. The number of nitrogens with one attached hydrogen (secondary N) is 2. The third kappa shape index (κ3) is 1.81. The second-order valence-electron chi connectivity index (χ2n) is 5.22. The number of aromatic nitrogens is 1. The maximum Gasteiger partial charge on any atom is 0.199 e. The standard InChI is InChI=1S/C16H12BrN3O/c17-8-5-6-12-10(7-8)13(16(21)20-12)15-14(18)9-3-1-2-4-11(9)19-15/h1-7,9,11,18,20-21H. The Balaban J connectivity index is 1.93. The van der Waals surface area contributed by atoms with Gasteiger partial charge in [-0.3, -0.25) is 4.99 Å². The number of hydrogen-bond acceptors (Lipinski definition) is 3. The normalized spacial score (nSPS) is 23.7. The first kappa shape index (κ1) is 12.6. The number of aromatic hydroxyl groups is 1. The molecule has 0 saturated carbocycles. The molecule has 2 atom stereocenters. The van der Waals surface area contributed by atoms with Crippen molar-refractivity contribution < 1.29 is 5.11 Å². The van der Waals surface area contributed by atoms with Gasteiger partial charge in [0.15, 0.2) is 5.88 Å². The average molecular weight is 342 g/mol. The molecule has 0 radical (unpaired) electrons. The Morgan fingerprint density at radius 3 is 2.86 bits per heavy atom. The van der Waals surface area contributed by atoms with E-state index in [9.17, 15) is 5.11 Å². The maximum atomic E-state index is 10.3. The highest BCUT2D eigenvalue weighted by Gasteiger charge is 2.35. The Hall–Kier alpha value is -2.14. The van der Waals surface area contributed by atoms with Gasteiger partial charge in [-0.2, -0.15) is 0 Å². The zero-order valence-electron chi connectivity index (χ0n) is 11.0. The van der Waals surface area contributed by atoms with E-state index in [0.29, 0.717) is 17.0 Å². The van der Waals surface area contributed by atoms with E-state index in [0.717, 1.165) is 15.4 Å². The lowest BCUT2D eigenvalue weighted by atomic mass is 9.91. The van der Waals surface area contributed by atoms with Gasteiger partial charge in [0.1, 0.15) is 0 Å². The van der Waals surface area contributed by atoms with Crippen molar-refractivity contribution in [3.63, 3.8) is 0 Å². The maximum absolute atomic E-state index is 10.3. The number of aliphatic imine (C=N–C) groups is 1. The second kappa shape index (κ2) is 4.43. The zero-order valence-corrected chi connectivity index (χ0v) is 12.6. The predicted octanol–water partition coefficient (Wildman–Crippen LogP) is 3.57. The van der Waals surface area contributed by atoms with Crippen molar-refractivity contribution in [1.29, 1.82) is 5.41 Å². The summed E-state index contributed by atoms with van der Waals surface area (Å²) in [6, 6.07) is 5.71. The molecular weight excluding hydrogens is 330 g/mol. The lowest BCUT2D eigenvalue weighted by Gasteiger charge is -2.12. The number of rotatable bonds is 1. The molecule has 2 aliphatic rings. The molecule has 0 amide bonds. The first-order valence-electron chi connectivity index (χ1n) is 6.67. The van der Waals surface area contributed by atoms with Gasteiger partial charge in [0.25, 0.3) is 0 Å². The van der Waals surface area contributed by atoms with Crippen LogP contribution in [0, 0.1) is 11.3 Å². The van der Waals surface area contributed by atoms with Crippen LogP contribution in [0.5, 0.6) is 5.88 Å². The molecule has 0 saturated heterocycles. The molecule has 0 fully saturated rings. The molecule has 5 heteroatoms. The molecule has 2 aromatic rings. The molecular formula is C16H12BrN3O. The van der Waals surface area contributed by atoms with Gasteiger partial charge in [0, 0.05) is 21.3 Å². The van der Waals surface area contributed by atoms with Gasteiger partial charge in [-0.25, -0.2) is 0 Å². The number of hydrogen-bond donors (Lipinski definition) is 3. The first-order valence-corrected chi connectivity index (χ1v) is 7.46. The van der Waals surface area contributed by atoms with Gasteiger partial charge in [-0.05, 0) is 18.2 Å². The van der Waals surface area contributed by atoms with Gasteiger partial charge in [-0.1, -0.05) is 40.2 Å². The Bertz CT molecular complexity index is 860. The van der Waals surface area contributed by atoms with E-state index < -0.39 is 0 Å². The lowest BCUT2D eigenvalue weighted by molar-refractivity contribution is 0.457. The molecule has 2 unspecified atom stereocenters. The molecule has 1 aromatic heterocycles. The Morgan fingerprint density at radius 2 is 2.05 bits per heavy atom. The van der Waals surface area contributed by atoms with Crippen molar-refractivity contribution >= 4 is 38.3 Å². The number of benzene rings is 1. The number of halogens is 1. The number of allylic oxidation sites excluding steroid dienone is 2. The predicted molar refractivity (Wildman–Crippen MR) is 87.5 cm³/mol. The smallest absolute Gasteiger partial charge is 0.199 e. The van der Waals surface area contributed by atoms with Gasteiger partial charge >= 0.3 is 0 Å². The monoisotopic (exact) mass is 341 g/mol. The third-order valence-corrected chi connectivity index (χ3v) is 4.44. The highest BCUT2D eigenvalue weighted by atomic mass is 79.9. The number of H-pyrrole nitrogens is 1. The summed E-state index contributed by atoms with van der Waals surface area (Å²) in [6.07, 6.45) is 7.88. The SMILES string of the molecule is N=C1C(c2c(O)[nH]c3ccc(Br)cc23)=NC2C=CC=CC12. The van der Waals surface area contributed by atoms with Crippen molar-refractivity contribution in [3.8, 4) is 5.88 Å².